The molecule has 10 heteroatoms. The second kappa shape index (κ2) is 9.33. The number of hydrogen-bond acceptors (Lipinski definition) is 4. The Kier molecular flexibility index (Phi) is 7.14. The number of pyridine rings is 1. The van der Waals surface area contributed by atoms with Crippen LogP contribution in [0.2, 0.25) is 5.02 Å². The average molecular weight is 391 g/mol. The van der Waals surface area contributed by atoms with Gasteiger partial charge in [0.05, 0.1) is 18.4 Å². The lowest BCUT2D eigenvalue weighted by molar-refractivity contribution is -0.137. The van der Waals surface area contributed by atoms with Gasteiger partial charge in [-0.15, -0.1) is 0 Å². The molecule has 0 unspecified atom stereocenters. The molecule has 0 aromatic carbocycles. The van der Waals surface area contributed by atoms with E-state index in [0.29, 0.717) is 31.7 Å². The second-order valence-electron chi connectivity index (χ2n) is 5.11. The fraction of sp³-hybridized carbons (Fsp3) is 0.375. The van der Waals surface area contributed by atoms with Crippen molar-refractivity contribution in [3.8, 4) is 5.88 Å². The molecule has 0 aliphatic carbocycles. The smallest absolute Gasteiger partial charge is 0.417 e. The lowest BCUT2D eigenvalue weighted by Gasteiger charge is -2.13. The number of hydrogen-bond donors (Lipinski definition) is 2. The molecule has 0 atom stereocenters. The third-order valence-corrected chi connectivity index (χ3v) is 3.51. The maximum absolute atomic E-state index is 12.6. The van der Waals surface area contributed by atoms with Gasteiger partial charge in [-0.1, -0.05) is 11.6 Å². The first-order chi connectivity index (χ1) is 12.4. The van der Waals surface area contributed by atoms with E-state index in [1.54, 1.807) is 13.3 Å². The molecule has 2 aromatic heterocycles. The number of nitrogens with one attached hydrogen (secondary N) is 2. The molecule has 0 spiro atoms. The van der Waals surface area contributed by atoms with Gasteiger partial charge in [0.25, 0.3) is 0 Å². The van der Waals surface area contributed by atoms with Crippen molar-refractivity contribution in [1.82, 2.24) is 15.6 Å². The van der Waals surface area contributed by atoms with Gasteiger partial charge in [0, 0.05) is 26.2 Å². The summed E-state index contributed by atoms with van der Waals surface area (Å²) in [5.74, 6) is 1.37. The number of ether oxygens (including phenoxy) is 1. The molecular weight excluding hydrogens is 373 g/mol. The molecule has 6 nitrogen and oxygen atoms in total. The molecule has 2 aromatic rings. The van der Waals surface area contributed by atoms with E-state index in [9.17, 15) is 13.2 Å². The van der Waals surface area contributed by atoms with Gasteiger partial charge in [0.15, 0.2) is 5.96 Å². The van der Waals surface area contributed by atoms with Crippen LogP contribution in [0.5, 0.6) is 5.88 Å². The van der Waals surface area contributed by atoms with Crippen LogP contribution in [0.15, 0.2) is 40.1 Å². The van der Waals surface area contributed by atoms with Crippen molar-refractivity contribution in [3.63, 3.8) is 0 Å². The maximum Gasteiger partial charge on any atom is 0.417 e. The Labute approximate surface area is 153 Å². The van der Waals surface area contributed by atoms with E-state index in [-0.39, 0.29) is 17.5 Å². The molecule has 26 heavy (non-hydrogen) atoms. The van der Waals surface area contributed by atoms with Crippen LogP contribution in [-0.4, -0.2) is 37.7 Å². The van der Waals surface area contributed by atoms with E-state index in [1.165, 1.54) is 0 Å². The standard InChI is InChI=1S/C16H18ClF3N4O2/c1-21-15(22-5-4-12-3-2-7-25-12)23-6-8-26-14-13(17)9-11(10-24-14)16(18,19)20/h2-3,7,9-10H,4-6,8H2,1H3,(H2,21,22,23). The zero-order valence-corrected chi connectivity index (χ0v) is 14.7. The quantitative estimate of drug-likeness (QED) is 0.432. The van der Waals surface area contributed by atoms with Crippen molar-refractivity contribution in [2.75, 3.05) is 26.7 Å². The van der Waals surface area contributed by atoms with E-state index in [4.69, 9.17) is 20.8 Å². The number of rotatable bonds is 7. The van der Waals surface area contributed by atoms with Crippen LogP contribution in [0.1, 0.15) is 11.3 Å². The van der Waals surface area contributed by atoms with Crippen LogP contribution in [0.4, 0.5) is 13.2 Å². The van der Waals surface area contributed by atoms with Crippen molar-refractivity contribution >= 4 is 17.6 Å². The summed E-state index contributed by atoms with van der Waals surface area (Å²) in [5, 5.41) is 5.91. The van der Waals surface area contributed by atoms with Gasteiger partial charge in [-0.3, -0.25) is 4.99 Å². The number of nitrogens with zero attached hydrogens (tertiary/aromatic N) is 2. The number of furan rings is 1. The minimum atomic E-state index is -4.50. The molecule has 0 amide bonds. The van der Waals surface area contributed by atoms with Crippen LogP contribution >= 0.6 is 11.6 Å². The van der Waals surface area contributed by atoms with E-state index in [2.05, 4.69) is 20.6 Å². The number of alkyl halides is 3. The molecule has 142 valence electrons. The summed E-state index contributed by atoms with van der Waals surface area (Å²) in [6, 6.07) is 4.49. The van der Waals surface area contributed by atoms with Crippen molar-refractivity contribution < 1.29 is 22.3 Å². The van der Waals surface area contributed by atoms with Crippen molar-refractivity contribution in [2.24, 2.45) is 4.99 Å². The highest BCUT2D eigenvalue weighted by molar-refractivity contribution is 6.31. The Morgan fingerprint density at radius 1 is 1.35 bits per heavy atom. The molecule has 0 radical (unpaired) electrons. The molecule has 2 N–H and O–H groups in total. The van der Waals surface area contributed by atoms with Crippen molar-refractivity contribution in [1.29, 1.82) is 0 Å². The predicted octanol–water partition coefficient (Wildman–Crippen LogP) is 3.13. The lowest BCUT2D eigenvalue weighted by atomic mass is 10.3. The highest BCUT2D eigenvalue weighted by Gasteiger charge is 2.31. The normalized spacial score (nSPS) is 12.1. The van der Waals surface area contributed by atoms with Gasteiger partial charge in [-0.05, 0) is 18.2 Å². The summed E-state index contributed by atoms with van der Waals surface area (Å²) in [6.07, 6.45) is -1.50. The molecule has 0 aliphatic rings. The molecule has 0 aliphatic heterocycles. The third kappa shape index (κ3) is 6.14. The Balaban J connectivity index is 1.71. The van der Waals surface area contributed by atoms with Gasteiger partial charge in [0.2, 0.25) is 5.88 Å². The lowest BCUT2D eigenvalue weighted by Crippen LogP contribution is -2.40. The SMILES string of the molecule is CN=C(NCCOc1ncc(C(F)(F)F)cc1Cl)NCCc1ccco1. The van der Waals surface area contributed by atoms with Crippen LogP contribution in [0.3, 0.4) is 0 Å². The molecule has 0 saturated carbocycles. The van der Waals surface area contributed by atoms with E-state index in [1.807, 2.05) is 12.1 Å². The van der Waals surface area contributed by atoms with Gasteiger partial charge < -0.3 is 19.8 Å². The van der Waals surface area contributed by atoms with Gasteiger partial charge in [-0.2, -0.15) is 13.2 Å². The Bertz CT molecular complexity index is 721. The van der Waals surface area contributed by atoms with Gasteiger partial charge >= 0.3 is 6.18 Å². The van der Waals surface area contributed by atoms with E-state index >= 15 is 0 Å². The number of guanidine groups is 1. The zero-order valence-electron chi connectivity index (χ0n) is 13.9. The Morgan fingerprint density at radius 2 is 2.12 bits per heavy atom. The van der Waals surface area contributed by atoms with Crippen molar-refractivity contribution in [2.45, 2.75) is 12.6 Å². The molecule has 2 heterocycles. The summed E-state index contributed by atoms with van der Waals surface area (Å²) < 4.78 is 48.2. The summed E-state index contributed by atoms with van der Waals surface area (Å²) in [5.41, 5.74) is -0.922. The van der Waals surface area contributed by atoms with Crippen molar-refractivity contribution in [3.05, 3.63) is 47.0 Å². The minimum Gasteiger partial charge on any atom is -0.475 e. The van der Waals surface area contributed by atoms with E-state index < -0.39 is 11.7 Å². The number of aliphatic imine (C=N–C) groups is 1. The highest BCUT2D eigenvalue weighted by Crippen LogP contribution is 2.32. The van der Waals surface area contributed by atoms with Crippen LogP contribution in [0.25, 0.3) is 0 Å². The fourth-order valence-corrected chi connectivity index (χ4v) is 2.20. The van der Waals surface area contributed by atoms with Crippen LogP contribution in [0, 0.1) is 0 Å². The van der Waals surface area contributed by atoms with Crippen LogP contribution < -0.4 is 15.4 Å². The minimum absolute atomic E-state index is 0.0535. The first-order valence-electron chi connectivity index (χ1n) is 7.72. The summed E-state index contributed by atoms with van der Waals surface area (Å²) >= 11 is 5.77. The molecular formula is C16H18ClF3N4O2. The Hall–Kier alpha value is -2.42. The number of aromatic nitrogens is 1. The third-order valence-electron chi connectivity index (χ3n) is 3.24. The maximum atomic E-state index is 12.6. The zero-order chi connectivity index (χ0) is 19.0. The fourth-order valence-electron chi connectivity index (χ4n) is 1.98. The topological polar surface area (TPSA) is 71.7 Å². The Morgan fingerprint density at radius 3 is 2.73 bits per heavy atom. The summed E-state index contributed by atoms with van der Waals surface area (Å²) in [4.78, 5) is 7.65. The second-order valence-corrected chi connectivity index (χ2v) is 5.52. The molecule has 0 bridgehead atoms. The molecule has 2 rings (SSSR count). The average Bonchev–Trinajstić information content (AvgIpc) is 3.10. The molecule has 0 saturated heterocycles. The first kappa shape index (κ1) is 19.9. The van der Waals surface area contributed by atoms with Gasteiger partial charge in [-0.25, -0.2) is 4.98 Å². The molecule has 0 fully saturated rings. The highest BCUT2D eigenvalue weighted by atomic mass is 35.5. The van der Waals surface area contributed by atoms with Gasteiger partial charge in [0.1, 0.15) is 17.4 Å². The summed E-state index contributed by atoms with van der Waals surface area (Å²) in [6.45, 7) is 1.14. The predicted molar refractivity (Wildman–Crippen MR) is 91.5 cm³/mol. The monoisotopic (exact) mass is 390 g/mol. The first-order valence-corrected chi connectivity index (χ1v) is 8.10. The van der Waals surface area contributed by atoms with E-state index in [0.717, 1.165) is 11.8 Å². The number of halogens is 4. The largest absolute Gasteiger partial charge is 0.475 e. The van der Waals surface area contributed by atoms with Crippen LogP contribution in [-0.2, 0) is 12.6 Å². The summed E-state index contributed by atoms with van der Waals surface area (Å²) in [7, 11) is 1.62.